The topological polar surface area (TPSA) is 41.4 Å². The van der Waals surface area contributed by atoms with Crippen LogP contribution in [0.5, 0.6) is 0 Å². The molecule has 1 amide bonds. The van der Waals surface area contributed by atoms with Gasteiger partial charge < -0.3 is 4.90 Å². The minimum absolute atomic E-state index is 0.149. The Bertz CT molecular complexity index is 694. The summed E-state index contributed by atoms with van der Waals surface area (Å²) in [6.07, 6.45) is 2.62. The molecule has 0 unspecified atom stereocenters. The number of rotatable bonds is 4. The van der Waals surface area contributed by atoms with Gasteiger partial charge in [0.1, 0.15) is 11.6 Å². The van der Waals surface area contributed by atoms with Crippen molar-refractivity contribution < 1.29 is 18.0 Å². The molecule has 2 aromatic rings. The second-order valence-corrected chi connectivity index (χ2v) is 5.60. The normalized spacial score (nSPS) is 15.9. The standard InChI is InChI=1S/C16H17F3N4O/c17-13-3-1-12(2-4-13)15(24)22-9-7-21(8-10-22)11-14-20-5-6-23(14)16(18)19/h1-6,16H,7-11H2. The van der Waals surface area contributed by atoms with E-state index in [0.29, 0.717) is 44.1 Å². The number of imidazole rings is 1. The van der Waals surface area contributed by atoms with Crippen LogP contribution in [0.2, 0.25) is 0 Å². The van der Waals surface area contributed by atoms with Gasteiger partial charge in [-0.1, -0.05) is 0 Å². The Hall–Kier alpha value is -2.35. The highest BCUT2D eigenvalue weighted by Crippen LogP contribution is 2.16. The quantitative estimate of drug-likeness (QED) is 0.859. The van der Waals surface area contributed by atoms with Crippen LogP contribution in [0.3, 0.4) is 0 Å². The molecule has 3 rings (SSSR count). The number of hydrogen-bond donors (Lipinski definition) is 0. The molecule has 1 aliphatic heterocycles. The summed E-state index contributed by atoms with van der Waals surface area (Å²) in [6.45, 7) is -0.164. The molecule has 0 radical (unpaired) electrons. The van der Waals surface area contributed by atoms with Crippen LogP contribution in [0.25, 0.3) is 0 Å². The highest BCUT2D eigenvalue weighted by molar-refractivity contribution is 5.94. The SMILES string of the molecule is O=C(c1ccc(F)cc1)N1CCN(Cc2nccn2C(F)F)CC1. The smallest absolute Gasteiger partial charge is 0.319 e. The average molecular weight is 338 g/mol. The zero-order valence-electron chi connectivity index (χ0n) is 12.9. The highest BCUT2D eigenvalue weighted by atomic mass is 19.3. The largest absolute Gasteiger partial charge is 0.336 e. The van der Waals surface area contributed by atoms with Gasteiger partial charge in [0.15, 0.2) is 0 Å². The van der Waals surface area contributed by atoms with Gasteiger partial charge in [-0.05, 0) is 24.3 Å². The van der Waals surface area contributed by atoms with Crippen molar-refractivity contribution in [3.05, 3.63) is 53.9 Å². The van der Waals surface area contributed by atoms with E-state index in [-0.39, 0.29) is 11.7 Å². The molecular formula is C16H17F3N4O. The van der Waals surface area contributed by atoms with Gasteiger partial charge in [-0.25, -0.2) is 9.37 Å². The Morgan fingerprint density at radius 1 is 1.12 bits per heavy atom. The van der Waals surface area contributed by atoms with Gasteiger partial charge in [-0.2, -0.15) is 8.78 Å². The lowest BCUT2D eigenvalue weighted by atomic mass is 10.2. The summed E-state index contributed by atoms with van der Waals surface area (Å²) in [5.74, 6) is -0.224. The lowest BCUT2D eigenvalue weighted by molar-refractivity contribution is 0.0555. The minimum Gasteiger partial charge on any atom is -0.336 e. The molecular weight excluding hydrogens is 321 g/mol. The molecule has 0 N–H and O–H groups in total. The van der Waals surface area contributed by atoms with Gasteiger partial charge >= 0.3 is 6.55 Å². The average Bonchev–Trinajstić information content (AvgIpc) is 3.04. The molecule has 1 aliphatic rings. The third-order valence-electron chi connectivity index (χ3n) is 4.07. The maximum absolute atomic E-state index is 12.9. The summed E-state index contributed by atoms with van der Waals surface area (Å²) in [5.41, 5.74) is 0.443. The number of benzene rings is 1. The lowest BCUT2D eigenvalue weighted by Gasteiger charge is -2.34. The molecule has 5 nitrogen and oxygen atoms in total. The second kappa shape index (κ2) is 7.04. The number of piperazine rings is 1. The second-order valence-electron chi connectivity index (χ2n) is 5.60. The summed E-state index contributed by atoms with van der Waals surface area (Å²) in [5, 5.41) is 0. The van der Waals surface area contributed by atoms with Gasteiger partial charge in [-0.15, -0.1) is 0 Å². The third kappa shape index (κ3) is 3.59. The predicted octanol–water partition coefficient (Wildman–Crippen LogP) is 2.38. The number of halogens is 3. The van der Waals surface area contributed by atoms with Gasteiger partial charge in [0.25, 0.3) is 5.91 Å². The molecule has 0 saturated carbocycles. The minimum atomic E-state index is -2.61. The van der Waals surface area contributed by atoms with Crippen molar-refractivity contribution >= 4 is 5.91 Å². The Labute approximate surface area is 137 Å². The lowest BCUT2D eigenvalue weighted by Crippen LogP contribution is -2.48. The summed E-state index contributed by atoms with van der Waals surface area (Å²) in [4.78, 5) is 20.0. The van der Waals surface area contributed by atoms with Crippen LogP contribution in [-0.2, 0) is 6.54 Å². The van der Waals surface area contributed by atoms with E-state index in [2.05, 4.69) is 4.98 Å². The van der Waals surface area contributed by atoms with Crippen molar-refractivity contribution in [2.45, 2.75) is 13.1 Å². The van der Waals surface area contributed by atoms with Crippen LogP contribution in [-0.4, -0.2) is 51.4 Å². The fourth-order valence-corrected chi connectivity index (χ4v) is 2.73. The zero-order valence-corrected chi connectivity index (χ0v) is 12.9. The first-order valence-corrected chi connectivity index (χ1v) is 7.61. The van der Waals surface area contributed by atoms with E-state index in [1.165, 1.54) is 36.7 Å². The first kappa shape index (κ1) is 16.5. The Morgan fingerprint density at radius 2 is 1.79 bits per heavy atom. The molecule has 1 fully saturated rings. The van der Waals surface area contributed by atoms with Crippen molar-refractivity contribution in [1.82, 2.24) is 19.4 Å². The molecule has 128 valence electrons. The summed E-state index contributed by atoms with van der Waals surface area (Å²) < 4.78 is 39.4. The van der Waals surface area contributed by atoms with Gasteiger partial charge in [0.05, 0.1) is 6.54 Å². The van der Waals surface area contributed by atoms with Crippen LogP contribution in [0.1, 0.15) is 22.7 Å². The summed E-state index contributed by atoms with van der Waals surface area (Å²) in [7, 11) is 0. The highest BCUT2D eigenvalue weighted by Gasteiger charge is 2.23. The number of amides is 1. The van der Waals surface area contributed by atoms with Crippen LogP contribution in [0, 0.1) is 5.82 Å². The fraction of sp³-hybridized carbons (Fsp3) is 0.375. The summed E-state index contributed by atoms with van der Waals surface area (Å²) in [6, 6.07) is 5.44. The number of hydrogen-bond acceptors (Lipinski definition) is 3. The molecule has 2 heterocycles. The number of alkyl halides is 2. The van der Waals surface area contributed by atoms with Crippen LogP contribution in [0.15, 0.2) is 36.7 Å². The number of aromatic nitrogens is 2. The Balaban J connectivity index is 1.56. The molecule has 0 bridgehead atoms. The monoisotopic (exact) mass is 338 g/mol. The zero-order chi connectivity index (χ0) is 17.1. The van der Waals surface area contributed by atoms with Gasteiger partial charge in [0.2, 0.25) is 0 Å². The molecule has 0 spiro atoms. The van der Waals surface area contributed by atoms with Crippen LogP contribution < -0.4 is 0 Å². The van der Waals surface area contributed by atoms with Crippen molar-refractivity contribution in [2.75, 3.05) is 26.2 Å². The molecule has 1 aromatic carbocycles. The van der Waals surface area contributed by atoms with Gasteiger partial charge in [0, 0.05) is 44.1 Å². The van der Waals surface area contributed by atoms with Gasteiger partial charge in [-0.3, -0.25) is 14.3 Å². The van der Waals surface area contributed by atoms with Crippen molar-refractivity contribution in [3.8, 4) is 0 Å². The first-order valence-electron chi connectivity index (χ1n) is 7.61. The first-order chi connectivity index (χ1) is 11.5. The maximum atomic E-state index is 12.9. The molecule has 0 aliphatic carbocycles. The number of carbonyl (C=O) groups excluding carboxylic acids is 1. The van der Waals surface area contributed by atoms with Crippen LogP contribution >= 0.6 is 0 Å². The molecule has 0 atom stereocenters. The number of nitrogens with zero attached hydrogens (tertiary/aromatic N) is 4. The molecule has 8 heteroatoms. The van der Waals surface area contributed by atoms with E-state index in [9.17, 15) is 18.0 Å². The Morgan fingerprint density at radius 3 is 2.42 bits per heavy atom. The van der Waals surface area contributed by atoms with Crippen molar-refractivity contribution in [1.29, 1.82) is 0 Å². The van der Waals surface area contributed by atoms with E-state index in [1.54, 1.807) is 4.90 Å². The third-order valence-corrected chi connectivity index (χ3v) is 4.07. The predicted molar refractivity (Wildman–Crippen MR) is 81.1 cm³/mol. The van der Waals surface area contributed by atoms with E-state index in [1.807, 2.05) is 4.90 Å². The van der Waals surface area contributed by atoms with Crippen molar-refractivity contribution in [3.63, 3.8) is 0 Å². The molecule has 1 aromatic heterocycles. The van der Waals surface area contributed by atoms with E-state index in [0.717, 1.165) is 4.57 Å². The maximum Gasteiger partial charge on any atom is 0.319 e. The van der Waals surface area contributed by atoms with E-state index in [4.69, 9.17) is 0 Å². The van der Waals surface area contributed by atoms with Crippen molar-refractivity contribution in [2.24, 2.45) is 0 Å². The van der Waals surface area contributed by atoms with E-state index < -0.39 is 6.55 Å². The molecule has 24 heavy (non-hydrogen) atoms. The number of carbonyl (C=O) groups is 1. The van der Waals surface area contributed by atoms with Crippen LogP contribution in [0.4, 0.5) is 13.2 Å². The Kier molecular flexibility index (Phi) is 4.84. The van der Waals surface area contributed by atoms with E-state index >= 15 is 0 Å². The molecule has 1 saturated heterocycles. The fourth-order valence-electron chi connectivity index (χ4n) is 2.73. The summed E-state index contributed by atoms with van der Waals surface area (Å²) >= 11 is 0.